The van der Waals surface area contributed by atoms with Gasteiger partial charge >= 0.3 is 5.97 Å². The molecule has 94 valence electrons. The van der Waals surface area contributed by atoms with Crippen LogP contribution in [0.2, 0.25) is 5.02 Å². The Balaban J connectivity index is 2.66. The van der Waals surface area contributed by atoms with Crippen LogP contribution in [0.3, 0.4) is 0 Å². The molecule has 1 unspecified atom stereocenters. The van der Waals surface area contributed by atoms with Gasteiger partial charge in [-0.3, -0.25) is 0 Å². The van der Waals surface area contributed by atoms with E-state index in [0.29, 0.717) is 10.9 Å². The highest BCUT2D eigenvalue weighted by Crippen LogP contribution is 2.26. The Labute approximate surface area is 111 Å². The van der Waals surface area contributed by atoms with Gasteiger partial charge in [0.1, 0.15) is 0 Å². The van der Waals surface area contributed by atoms with Gasteiger partial charge in [0.05, 0.1) is 10.6 Å². The highest BCUT2D eigenvalue weighted by molar-refractivity contribution is 7.99. The van der Waals surface area contributed by atoms with Crippen LogP contribution in [-0.2, 0) is 0 Å². The molecule has 0 saturated carbocycles. The molecule has 0 bridgehead atoms. The number of carboxylic acids is 1. The molecule has 1 N–H and O–H groups in total. The molecule has 0 spiro atoms. The summed E-state index contributed by atoms with van der Waals surface area (Å²) in [5.74, 6) is 0.683. The highest BCUT2D eigenvalue weighted by atomic mass is 35.5. The lowest BCUT2D eigenvalue weighted by atomic mass is 10.1. The first kappa shape index (κ1) is 14.4. The van der Waals surface area contributed by atoms with E-state index in [-0.39, 0.29) is 5.56 Å². The Hall–Kier alpha value is -0.670. The number of halogens is 1. The molecular formula is C13H17ClO2S. The standard InChI is InChI=1S/C13H17ClO2S/c1-3-4-9(2)8-17-10-5-6-12(14)11(7-10)13(15)16/h5-7,9H,3-4,8H2,1-2H3,(H,15,16). The minimum absolute atomic E-state index is 0.180. The van der Waals surface area contributed by atoms with E-state index >= 15 is 0 Å². The first-order valence-corrected chi connectivity index (χ1v) is 7.06. The van der Waals surface area contributed by atoms with Crippen molar-refractivity contribution in [2.24, 2.45) is 5.92 Å². The summed E-state index contributed by atoms with van der Waals surface area (Å²) in [6, 6.07) is 5.17. The lowest BCUT2D eigenvalue weighted by Gasteiger charge is -2.10. The second-order valence-corrected chi connectivity index (χ2v) is 5.65. The fourth-order valence-corrected chi connectivity index (χ4v) is 2.78. The van der Waals surface area contributed by atoms with Crippen LogP contribution in [-0.4, -0.2) is 16.8 Å². The Morgan fingerprint density at radius 2 is 2.24 bits per heavy atom. The molecule has 1 atom stereocenters. The molecule has 1 aromatic rings. The summed E-state index contributed by atoms with van der Waals surface area (Å²) in [5, 5.41) is 9.25. The maximum absolute atomic E-state index is 10.9. The predicted molar refractivity (Wildman–Crippen MR) is 73.2 cm³/mol. The average molecular weight is 273 g/mol. The molecule has 0 fully saturated rings. The molecular weight excluding hydrogens is 256 g/mol. The van der Waals surface area contributed by atoms with Crippen LogP contribution in [0.15, 0.2) is 23.1 Å². The summed E-state index contributed by atoms with van der Waals surface area (Å²) in [5.41, 5.74) is 0.180. The Kier molecular flexibility index (Phi) is 5.86. The third-order valence-electron chi connectivity index (χ3n) is 2.48. The average Bonchev–Trinajstić information content (AvgIpc) is 2.28. The minimum atomic E-state index is -0.973. The molecule has 0 aliphatic rings. The fourth-order valence-electron chi connectivity index (χ4n) is 1.57. The van der Waals surface area contributed by atoms with E-state index in [1.165, 1.54) is 12.8 Å². The monoisotopic (exact) mass is 272 g/mol. The molecule has 0 aromatic heterocycles. The van der Waals surface area contributed by atoms with Crippen LogP contribution >= 0.6 is 23.4 Å². The van der Waals surface area contributed by atoms with Crippen LogP contribution < -0.4 is 0 Å². The van der Waals surface area contributed by atoms with E-state index in [0.717, 1.165) is 10.6 Å². The van der Waals surface area contributed by atoms with Crippen LogP contribution in [0.25, 0.3) is 0 Å². The van der Waals surface area contributed by atoms with Crippen molar-refractivity contribution in [2.75, 3.05) is 5.75 Å². The molecule has 0 aliphatic heterocycles. The zero-order chi connectivity index (χ0) is 12.8. The van der Waals surface area contributed by atoms with Gasteiger partial charge in [0.2, 0.25) is 0 Å². The fraction of sp³-hybridized carbons (Fsp3) is 0.462. The number of aromatic carboxylic acids is 1. The van der Waals surface area contributed by atoms with Gasteiger partial charge in [0.15, 0.2) is 0 Å². The van der Waals surface area contributed by atoms with E-state index in [4.69, 9.17) is 16.7 Å². The molecule has 0 heterocycles. The van der Waals surface area contributed by atoms with E-state index in [1.807, 2.05) is 6.07 Å². The second kappa shape index (κ2) is 6.92. The Bertz CT molecular complexity index is 393. The van der Waals surface area contributed by atoms with Crippen LogP contribution in [0.4, 0.5) is 0 Å². The third kappa shape index (κ3) is 4.60. The maximum Gasteiger partial charge on any atom is 0.337 e. The number of hydrogen-bond donors (Lipinski definition) is 1. The van der Waals surface area contributed by atoms with Gasteiger partial charge in [0, 0.05) is 10.6 Å². The molecule has 0 radical (unpaired) electrons. The summed E-state index contributed by atoms with van der Waals surface area (Å²) in [7, 11) is 0. The van der Waals surface area contributed by atoms with Crippen molar-refractivity contribution in [3.8, 4) is 0 Å². The summed E-state index contributed by atoms with van der Waals surface area (Å²) in [6.07, 6.45) is 2.38. The lowest BCUT2D eigenvalue weighted by Crippen LogP contribution is -1.99. The van der Waals surface area contributed by atoms with E-state index < -0.39 is 5.97 Å². The summed E-state index contributed by atoms with van der Waals surface area (Å²) >= 11 is 7.50. The van der Waals surface area contributed by atoms with Crippen molar-refractivity contribution in [2.45, 2.75) is 31.6 Å². The molecule has 2 nitrogen and oxygen atoms in total. The largest absolute Gasteiger partial charge is 0.478 e. The normalized spacial score (nSPS) is 12.4. The maximum atomic E-state index is 10.9. The van der Waals surface area contributed by atoms with Gasteiger partial charge in [-0.05, 0) is 24.1 Å². The molecule has 1 rings (SSSR count). The van der Waals surface area contributed by atoms with Crippen LogP contribution in [0, 0.1) is 5.92 Å². The van der Waals surface area contributed by atoms with Crippen molar-refractivity contribution in [3.63, 3.8) is 0 Å². The molecule has 1 aromatic carbocycles. The number of carboxylic acid groups (broad SMARTS) is 1. The van der Waals surface area contributed by atoms with Crippen LogP contribution in [0.5, 0.6) is 0 Å². The quantitative estimate of drug-likeness (QED) is 0.771. The number of benzene rings is 1. The van der Waals surface area contributed by atoms with Gasteiger partial charge < -0.3 is 5.11 Å². The zero-order valence-corrected chi connectivity index (χ0v) is 11.6. The van der Waals surface area contributed by atoms with Crippen molar-refractivity contribution < 1.29 is 9.90 Å². The van der Waals surface area contributed by atoms with Gasteiger partial charge in [0.25, 0.3) is 0 Å². The summed E-state index contributed by atoms with van der Waals surface area (Å²) < 4.78 is 0. The number of thioether (sulfide) groups is 1. The smallest absolute Gasteiger partial charge is 0.337 e. The van der Waals surface area contributed by atoms with Crippen molar-refractivity contribution in [3.05, 3.63) is 28.8 Å². The first-order chi connectivity index (χ1) is 8.04. The van der Waals surface area contributed by atoms with Gasteiger partial charge in [-0.15, -0.1) is 11.8 Å². The van der Waals surface area contributed by atoms with Crippen molar-refractivity contribution >= 4 is 29.3 Å². The van der Waals surface area contributed by atoms with E-state index in [2.05, 4.69) is 13.8 Å². The van der Waals surface area contributed by atoms with Gasteiger partial charge in [-0.1, -0.05) is 38.3 Å². The molecule has 0 aliphatic carbocycles. The predicted octanol–water partition coefficient (Wildman–Crippen LogP) is 4.57. The van der Waals surface area contributed by atoms with E-state index in [1.54, 1.807) is 23.9 Å². The third-order valence-corrected chi connectivity index (χ3v) is 4.14. The van der Waals surface area contributed by atoms with Crippen molar-refractivity contribution in [1.82, 2.24) is 0 Å². The Morgan fingerprint density at radius 3 is 2.82 bits per heavy atom. The molecule has 0 saturated heterocycles. The second-order valence-electron chi connectivity index (χ2n) is 4.15. The lowest BCUT2D eigenvalue weighted by molar-refractivity contribution is 0.0697. The first-order valence-electron chi connectivity index (χ1n) is 5.70. The van der Waals surface area contributed by atoms with Gasteiger partial charge in [-0.2, -0.15) is 0 Å². The summed E-state index contributed by atoms with van der Waals surface area (Å²) in [4.78, 5) is 11.9. The highest BCUT2D eigenvalue weighted by Gasteiger charge is 2.10. The van der Waals surface area contributed by atoms with E-state index in [9.17, 15) is 4.79 Å². The Morgan fingerprint density at radius 1 is 1.53 bits per heavy atom. The van der Waals surface area contributed by atoms with Crippen LogP contribution in [0.1, 0.15) is 37.0 Å². The topological polar surface area (TPSA) is 37.3 Å². The minimum Gasteiger partial charge on any atom is -0.478 e. The molecule has 4 heteroatoms. The number of hydrogen-bond acceptors (Lipinski definition) is 2. The van der Waals surface area contributed by atoms with Gasteiger partial charge in [-0.25, -0.2) is 4.79 Å². The zero-order valence-electron chi connectivity index (χ0n) is 10.1. The number of carbonyl (C=O) groups is 1. The molecule has 0 amide bonds. The van der Waals surface area contributed by atoms with Crippen molar-refractivity contribution in [1.29, 1.82) is 0 Å². The number of rotatable bonds is 6. The SMILES string of the molecule is CCCC(C)CSc1ccc(Cl)c(C(=O)O)c1. The summed E-state index contributed by atoms with van der Waals surface area (Å²) in [6.45, 7) is 4.39. The molecule has 17 heavy (non-hydrogen) atoms.